The van der Waals surface area contributed by atoms with Crippen molar-refractivity contribution in [3.63, 3.8) is 0 Å². The van der Waals surface area contributed by atoms with Gasteiger partial charge in [0.05, 0.1) is 18.9 Å². The zero-order valence-corrected chi connectivity index (χ0v) is 11.8. The first-order valence-corrected chi connectivity index (χ1v) is 7.13. The number of halogens is 1. The number of rotatable bonds is 5. The summed E-state index contributed by atoms with van der Waals surface area (Å²) in [5.41, 5.74) is 8.44. The molecule has 0 heterocycles. The minimum atomic E-state index is -0.742. The van der Waals surface area contributed by atoms with Gasteiger partial charge in [-0.15, -0.1) is 0 Å². The van der Waals surface area contributed by atoms with Crippen molar-refractivity contribution in [3.05, 3.63) is 35.1 Å². The van der Waals surface area contributed by atoms with Crippen LogP contribution in [-0.4, -0.2) is 18.3 Å². The maximum atomic E-state index is 13.4. The molecule has 1 aliphatic carbocycles. The summed E-state index contributed by atoms with van der Waals surface area (Å²) in [6.07, 6.45) is 7.43. The summed E-state index contributed by atoms with van der Waals surface area (Å²) >= 11 is 0. The molecular weight excluding hydrogens is 273 g/mol. The lowest BCUT2D eigenvalue weighted by Gasteiger charge is -2.22. The molecule has 0 bridgehead atoms. The van der Waals surface area contributed by atoms with Gasteiger partial charge in [0.25, 0.3) is 0 Å². The second-order valence-corrected chi connectivity index (χ2v) is 5.15. The predicted octanol–water partition coefficient (Wildman–Crippen LogP) is 2.68. The van der Waals surface area contributed by atoms with Gasteiger partial charge in [0.1, 0.15) is 5.82 Å². The second kappa shape index (κ2) is 7.73. The van der Waals surface area contributed by atoms with Gasteiger partial charge in [0.15, 0.2) is 0 Å². The molecule has 2 amide bonds. The standard InChI is InChI=1S/C15H20FN3O2/c16-13-7-6-11(9-18-19-15(17)20)12(8-13)10-21-14-4-2-1-3-5-14/h6-9,14H,1-5,10H2,(H3,17,19,20). The lowest BCUT2D eigenvalue weighted by Crippen LogP contribution is -2.24. The van der Waals surface area contributed by atoms with Crippen molar-refractivity contribution in [2.45, 2.75) is 44.8 Å². The van der Waals surface area contributed by atoms with Gasteiger partial charge in [-0.25, -0.2) is 14.6 Å². The number of amides is 2. The number of nitrogens with two attached hydrogens (primary N) is 1. The minimum Gasteiger partial charge on any atom is -0.374 e. The molecule has 0 spiro atoms. The van der Waals surface area contributed by atoms with Crippen LogP contribution in [0.25, 0.3) is 0 Å². The summed E-state index contributed by atoms with van der Waals surface area (Å²) in [6, 6.07) is 3.62. The van der Waals surface area contributed by atoms with Crippen molar-refractivity contribution in [3.8, 4) is 0 Å². The third-order valence-electron chi connectivity index (χ3n) is 3.51. The highest BCUT2D eigenvalue weighted by Crippen LogP contribution is 2.22. The van der Waals surface area contributed by atoms with E-state index in [1.54, 1.807) is 6.07 Å². The van der Waals surface area contributed by atoms with E-state index in [2.05, 4.69) is 10.5 Å². The Morgan fingerprint density at radius 1 is 1.43 bits per heavy atom. The van der Waals surface area contributed by atoms with E-state index in [0.29, 0.717) is 17.7 Å². The van der Waals surface area contributed by atoms with Gasteiger partial charge in [-0.05, 0) is 30.5 Å². The molecule has 0 saturated heterocycles. The summed E-state index contributed by atoms with van der Waals surface area (Å²) in [4.78, 5) is 10.6. The normalized spacial score (nSPS) is 16.2. The van der Waals surface area contributed by atoms with Gasteiger partial charge in [-0.1, -0.05) is 25.3 Å². The fraction of sp³-hybridized carbons (Fsp3) is 0.467. The molecule has 1 saturated carbocycles. The van der Waals surface area contributed by atoms with Crippen LogP contribution < -0.4 is 11.2 Å². The van der Waals surface area contributed by atoms with Crippen molar-refractivity contribution < 1.29 is 13.9 Å². The number of hydrogen-bond acceptors (Lipinski definition) is 3. The Hall–Kier alpha value is -1.95. The molecular formula is C15H20FN3O2. The zero-order valence-electron chi connectivity index (χ0n) is 11.8. The van der Waals surface area contributed by atoms with Crippen LogP contribution in [0.5, 0.6) is 0 Å². The number of urea groups is 1. The average Bonchev–Trinajstić information content (AvgIpc) is 2.48. The number of nitrogens with one attached hydrogen (secondary N) is 1. The van der Waals surface area contributed by atoms with Crippen molar-refractivity contribution in [2.24, 2.45) is 10.8 Å². The number of hydrazone groups is 1. The predicted molar refractivity (Wildman–Crippen MR) is 78.4 cm³/mol. The average molecular weight is 293 g/mol. The zero-order chi connectivity index (χ0) is 15.1. The Kier molecular flexibility index (Phi) is 5.68. The summed E-state index contributed by atoms with van der Waals surface area (Å²) in [7, 11) is 0. The number of carbonyl (C=O) groups excluding carboxylic acids is 1. The maximum Gasteiger partial charge on any atom is 0.332 e. The molecule has 1 aromatic carbocycles. The first-order chi connectivity index (χ1) is 10.1. The molecule has 0 radical (unpaired) electrons. The van der Waals surface area contributed by atoms with Crippen LogP contribution in [0, 0.1) is 5.82 Å². The fourth-order valence-corrected chi connectivity index (χ4v) is 2.43. The number of nitrogens with zero attached hydrogens (tertiary/aromatic N) is 1. The third kappa shape index (κ3) is 5.15. The van der Waals surface area contributed by atoms with E-state index in [1.165, 1.54) is 37.6 Å². The largest absolute Gasteiger partial charge is 0.374 e. The van der Waals surface area contributed by atoms with Crippen LogP contribution in [0.4, 0.5) is 9.18 Å². The molecule has 5 nitrogen and oxygen atoms in total. The van der Waals surface area contributed by atoms with E-state index < -0.39 is 6.03 Å². The molecule has 114 valence electrons. The summed E-state index contributed by atoms with van der Waals surface area (Å²) in [6.45, 7) is 0.334. The van der Waals surface area contributed by atoms with E-state index in [-0.39, 0.29) is 11.9 Å². The molecule has 0 unspecified atom stereocenters. The molecule has 21 heavy (non-hydrogen) atoms. The number of hydrogen-bond donors (Lipinski definition) is 2. The second-order valence-electron chi connectivity index (χ2n) is 5.15. The molecule has 6 heteroatoms. The summed E-state index contributed by atoms with van der Waals surface area (Å²) < 4.78 is 19.2. The first-order valence-electron chi connectivity index (χ1n) is 7.13. The smallest absolute Gasteiger partial charge is 0.332 e. The SMILES string of the molecule is NC(=O)NN=Cc1ccc(F)cc1COC1CCCCC1. The Morgan fingerprint density at radius 2 is 2.19 bits per heavy atom. The van der Waals surface area contributed by atoms with Gasteiger partial charge in [0.2, 0.25) is 0 Å². The van der Waals surface area contributed by atoms with Crippen LogP contribution in [0.15, 0.2) is 23.3 Å². The van der Waals surface area contributed by atoms with E-state index in [0.717, 1.165) is 12.8 Å². The summed E-state index contributed by atoms with van der Waals surface area (Å²) in [5.74, 6) is -0.322. The Balaban J connectivity index is 2.00. The van der Waals surface area contributed by atoms with Crippen molar-refractivity contribution >= 4 is 12.2 Å². The van der Waals surface area contributed by atoms with E-state index >= 15 is 0 Å². The van der Waals surface area contributed by atoms with Gasteiger partial charge in [-0.2, -0.15) is 5.10 Å². The van der Waals surface area contributed by atoms with Crippen LogP contribution in [0.3, 0.4) is 0 Å². The molecule has 1 fully saturated rings. The molecule has 1 aromatic rings. The van der Waals surface area contributed by atoms with Gasteiger partial charge in [-0.3, -0.25) is 0 Å². The molecule has 2 rings (SSSR count). The molecule has 0 aromatic heterocycles. The van der Waals surface area contributed by atoms with Crippen LogP contribution in [-0.2, 0) is 11.3 Å². The van der Waals surface area contributed by atoms with Crippen molar-refractivity contribution in [2.75, 3.05) is 0 Å². The lowest BCUT2D eigenvalue weighted by atomic mass is 9.98. The van der Waals surface area contributed by atoms with Crippen LogP contribution in [0.2, 0.25) is 0 Å². The Morgan fingerprint density at radius 3 is 2.90 bits per heavy atom. The lowest BCUT2D eigenvalue weighted by molar-refractivity contribution is 0.0167. The van der Waals surface area contributed by atoms with Crippen LogP contribution >= 0.6 is 0 Å². The monoisotopic (exact) mass is 293 g/mol. The Labute approximate surface area is 123 Å². The molecule has 0 aliphatic heterocycles. The first kappa shape index (κ1) is 15.4. The highest BCUT2D eigenvalue weighted by molar-refractivity contribution is 5.83. The number of ether oxygens (including phenoxy) is 1. The Bertz CT molecular complexity index is 514. The fourth-order valence-electron chi connectivity index (χ4n) is 2.43. The van der Waals surface area contributed by atoms with Crippen molar-refractivity contribution in [1.29, 1.82) is 0 Å². The molecule has 3 N–H and O–H groups in total. The third-order valence-corrected chi connectivity index (χ3v) is 3.51. The van der Waals surface area contributed by atoms with Crippen LogP contribution in [0.1, 0.15) is 43.2 Å². The summed E-state index contributed by atoms with van der Waals surface area (Å²) in [5, 5.41) is 3.70. The number of benzene rings is 1. The van der Waals surface area contributed by atoms with Crippen molar-refractivity contribution in [1.82, 2.24) is 5.43 Å². The highest BCUT2D eigenvalue weighted by Gasteiger charge is 2.14. The van der Waals surface area contributed by atoms with Gasteiger partial charge in [0, 0.05) is 5.56 Å². The minimum absolute atomic E-state index is 0.246. The van der Waals surface area contributed by atoms with Gasteiger partial charge >= 0.3 is 6.03 Å². The van der Waals surface area contributed by atoms with Gasteiger partial charge < -0.3 is 10.5 Å². The molecule has 0 atom stereocenters. The topological polar surface area (TPSA) is 76.7 Å². The molecule has 1 aliphatic rings. The highest BCUT2D eigenvalue weighted by atomic mass is 19.1. The quantitative estimate of drug-likeness (QED) is 0.647. The number of carbonyl (C=O) groups is 1. The number of primary amides is 1. The van der Waals surface area contributed by atoms with E-state index in [1.807, 2.05) is 0 Å². The van der Waals surface area contributed by atoms with E-state index in [9.17, 15) is 9.18 Å². The van der Waals surface area contributed by atoms with E-state index in [4.69, 9.17) is 10.5 Å². The maximum absolute atomic E-state index is 13.4.